The Kier molecular flexibility index (Phi) is 4.33. The number of ether oxygens (including phenoxy) is 1. The quantitative estimate of drug-likeness (QED) is 0.739. The van der Waals surface area contributed by atoms with Crippen LogP contribution in [0.25, 0.3) is 0 Å². The fourth-order valence-corrected chi connectivity index (χ4v) is 2.13. The van der Waals surface area contributed by atoms with Gasteiger partial charge in [-0.1, -0.05) is 12.8 Å². The maximum absolute atomic E-state index is 12.1. The van der Waals surface area contributed by atoms with Gasteiger partial charge in [0.1, 0.15) is 0 Å². The highest BCUT2D eigenvalue weighted by molar-refractivity contribution is 5.83. The Bertz CT molecular complexity index is 245. The first-order valence-corrected chi connectivity index (χ1v) is 5.99. The maximum Gasteiger partial charge on any atom is 0.227 e. The molecule has 1 aliphatic rings. The molecule has 0 saturated heterocycles. The van der Waals surface area contributed by atoms with Crippen molar-refractivity contribution in [3.8, 4) is 0 Å². The van der Waals surface area contributed by atoms with Crippen LogP contribution in [0, 0.1) is 5.41 Å². The average molecular weight is 228 g/mol. The fourth-order valence-electron chi connectivity index (χ4n) is 2.13. The zero-order valence-corrected chi connectivity index (χ0v) is 10.6. The van der Waals surface area contributed by atoms with E-state index in [1.807, 2.05) is 13.8 Å². The molecular formula is C12H24N2O2. The molecule has 4 heteroatoms. The van der Waals surface area contributed by atoms with Gasteiger partial charge in [0.15, 0.2) is 0 Å². The first kappa shape index (κ1) is 13.5. The predicted molar refractivity (Wildman–Crippen MR) is 64.1 cm³/mol. The van der Waals surface area contributed by atoms with Crippen molar-refractivity contribution in [1.29, 1.82) is 0 Å². The van der Waals surface area contributed by atoms with Crippen molar-refractivity contribution in [1.82, 2.24) is 5.32 Å². The zero-order chi connectivity index (χ0) is 12.2. The van der Waals surface area contributed by atoms with Crippen molar-refractivity contribution >= 4 is 5.91 Å². The highest BCUT2D eigenvalue weighted by atomic mass is 16.5. The van der Waals surface area contributed by atoms with Crippen LogP contribution in [0.15, 0.2) is 0 Å². The molecule has 1 amide bonds. The smallest absolute Gasteiger partial charge is 0.227 e. The van der Waals surface area contributed by atoms with E-state index in [-0.39, 0.29) is 16.9 Å². The molecule has 0 aromatic rings. The second-order valence-corrected chi connectivity index (χ2v) is 5.34. The van der Waals surface area contributed by atoms with Crippen molar-refractivity contribution < 1.29 is 9.53 Å². The summed E-state index contributed by atoms with van der Waals surface area (Å²) in [4.78, 5) is 12.1. The van der Waals surface area contributed by atoms with Crippen molar-refractivity contribution in [2.75, 3.05) is 20.2 Å². The summed E-state index contributed by atoms with van der Waals surface area (Å²) >= 11 is 0. The van der Waals surface area contributed by atoms with E-state index in [1.165, 1.54) is 0 Å². The average Bonchev–Trinajstić information content (AvgIpc) is 2.76. The normalized spacial score (nSPS) is 19.8. The lowest BCUT2D eigenvalue weighted by Gasteiger charge is -2.29. The maximum atomic E-state index is 12.1. The van der Waals surface area contributed by atoms with Crippen molar-refractivity contribution in [3.63, 3.8) is 0 Å². The molecule has 0 aromatic carbocycles. The van der Waals surface area contributed by atoms with E-state index in [0.29, 0.717) is 13.1 Å². The van der Waals surface area contributed by atoms with Crippen LogP contribution in [0.1, 0.15) is 39.5 Å². The largest absolute Gasteiger partial charge is 0.377 e. The van der Waals surface area contributed by atoms with Crippen LogP contribution < -0.4 is 11.1 Å². The Hall–Kier alpha value is -0.610. The Morgan fingerprint density at radius 3 is 2.44 bits per heavy atom. The molecule has 1 rings (SSSR count). The van der Waals surface area contributed by atoms with Crippen molar-refractivity contribution in [2.24, 2.45) is 11.1 Å². The predicted octanol–water partition coefficient (Wildman–Crippen LogP) is 1.05. The third-order valence-corrected chi connectivity index (χ3v) is 3.66. The standard InChI is InChI=1S/C12H24N2O2/c1-11(2,16-3)9-14-10(15)12(8-13)6-4-5-7-12/h4-9,13H2,1-3H3,(H,14,15). The molecule has 94 valence electrons. The van der Waals surface area contributed by atoms with Crippen molar-refractivity contribution in [3.05, 3.63) is 0 Å². The molecule has 0 radical (unpaired) electrons. The highest BCUT2D eigenvalue weighted by Crippen LogP contribution is 2.37. The van der Waals surface area contributed by atoms with Crippen LogP contribution in [0.5, 0.6) is 0 Å². The topological polar surface area (TPSA) is 64.3 Å². The minimum Gasteiger partial charge on any atom is -0.377 e. The third kappa shape index (κ3) is 2.95. The van der Waals surface area contributed by atoms with E-state index in [2.05, 4.69) is 5.32 Å². The Morgan fingerprint density at radius 2 is 2.00 bits per heavy atom. The number of methoxy groups -OCH3 is 1. The van der Waals surface area contributed by atoms with E-state index in [4.69, 9.17) is 10.5 Å². The van der Waals surface area contributed by atoms with Crippen LogP contribution in [-0.4, -0.2) is 31.7 Å². The van der Waals surface area contributed by atoms with Gasteiger partial charge >= 0.3 is 0 Å². The molecule has 0 heterocycles. The molecule has 0 spiro atoms. The van der Waals surface area contributed by atoms with Gasteiger partial charge in [-0.2, -0.15) is 0 Å². The third-order valence-electron chi connectivity index (χ3n) is 3.66. The molecule has 1 aliphatic carbocycles. The summed E-state index contributed by atoms with van der Waals surface area (Å²) < 4.78 is 5.27. The Labute approximate surface area is 97.9 Å². The summed E-state index contributed by atoms with van der Waals surface area (Å²) in [5.74, 6) is 0.0950. The number of carbonyl (C=O) groups is 1. The van der Waals surface area contributed by atoms with Gasteiger partial charge in [-0.05, 0) is 26.7 Å². The molecule has 0 aromatic heterocycles. The van der Waals surface area contributed by atoms with Gasteiger partial charge in [0, 0.05) is 20.2 Å². The number of hydrogen-bond acceptors (Lipinski definition) is 3. The number of rotatable bonds is 5. The van der Waals surface area contributed by atoms with Gasteiger partial charge in [0.2, 0.25) is 5.91 Å². The molecule has 4 nitrogen and oxygen atoms in total. The van der Waals surface area contributed by atoms with Gasteiger partial charge in [-0.25, -0.2) is 0 Å². The summed E-state index contributed by atoms with van der Waals surface area (Å²) in [5.41, 5.74) is 5.12. The molecule has 0 bridgehead atoms. The summed E-state index contributed by atoms with van der Waals surface area (Å²) in [6, 6.07) is 0. The number of carbonyl (C=O) groups excluding carboxylic acids is 1. The van der Waals surface area contributed by atoms with E-state index in [9.17, 15) is 4.79 Å². The SMILES string of the molecule is COC(C)(C)CNC(=O)C1(CN)CCCC1. The number of hydrogen-bond donors (Lipinski definition) is 2. The van der Waals surface area contributed by atoms with Crippen LogP contribution in [0.2, 0.25) is 0 Å². The first-order chi connectivity index (χ1) is 7.46. The lowest BCUT2D eigenvalue weighted by Crippen LogP contribution is -2.48. The summed E-state index contributed by atoms with van der Waals surface area (Å²) in [5, 5.41) is 2.96. The molecule has 1 fully saturated rings. The summed E-state index contributed by atoms with van der Waals surface area (Å²) in [7, 11) is 1.65. The Morgan fingerprint density at radius 1 is 1.44 bits per heavy atom. The minimum atomic E-state index is -0.316. The second kappa shape index (κ2) is 5.15. The summed E-state index contributed by atoms with van der Waals surface area (Å²) in [6.07, 6.45) is 4.06. The molecule has 0 aliphatic heterocycles. The van der Waals surface area contributed by atoms with Crippen LogP contribution in [0.4, 0.5) is 0 Å². The van der Waals surface area contributed by atoms with E-state index in [1.54, 1.807) is 7.11 Å². The molecule has 16 heavy (non-hydrogen) atoms. The van der Waals surface area contributed by atoms with E-state index in [0.717, 1.165) is 25.7 Å². The summed E-state index contributed by atoms with van der Waals surface area (Å²) in [6.45, 7) is 4.89. The first-order valence-electron chi connectivity index (χ1n) is 5.99. The molecule has 3 N–H and O–H groups in total. The van der Waals surface area contributed by atoms with Crippen LogP contribution in [-0.2, 0) is 9.53 Å². The second-order valence-electron chi connectivity index (χ2n) is 5.34. The van der Waals surface area contributed by atoms with Gasteiger partial charge in [0.25, 0.3) is 0 Å². The number of nitrogens with two attached hydrogens (primary N) is 1. The van der Waals surface area contributed by atoms with Crippen molar-refractivity contribution in [2.45, 2.75) is 45.1 Å². The van der Waals surface area contributed by atoms with Crippen LogP contribution in [0.3, 0.4) is 0 Å². The molecule has 0 unspecified atom stereocenters. The lowest BCUT2D eigenvalue weighted by atomic mass is 9.85. The van der Waals surface area contributed by atoms with Gasteiger partial charge < -0.3 is 15.8 Å². The minimum absolute atomic E-state index is 0.0950. The van der Waals surface area contributed by atoms with E-state index < -0.39 is 0 Å². The van der Waals surface area contributed by atoms with Crippen LogP contribution >= 0.6 is 0 Å². The van der Waals surface area contributed by atoms with E-state index >= 15 is 0 Å². The van der Waals surface area contributed by atoms with Gasteiger partial charge in [-0.15, -0.1) is 0 Å². The lowest BCUT2D eigenvalue weighted by molar-refractivity contribution is -0.131. The zero-order valence-electron chi connectivity index (χ0n) is 10.6. The van der Waals surface area contributed by atoms with Gasteiger partial charge in [0.05, 0.1) is 11.0 Å². The fraction of sp³-hybridized carbons (Fsp3) is 0.917. The Balaban J connectivity index is 2.51. The van der Waals surface area contributed by atoms with Gasteiger partial charge in [-0.3, -0.25) is 4.79 Å². The highest BCUT2D eigenvalue weighted by Gasteiger charge is 2.40. The molecule has 1 saturated carbocycles. The number of amides is 1. The molecular weight excluding hydrogens is 204 g/mol. The number of nitrogens with one attached hydrogen (secondary N) is 1. The molecule has 0 atom stereocenters. The monoisotopic (exact) mass is 228 g/mol.